The van der Waals surface area contributed by atoms with Crippen molar-refractivity contribution in [3.8, 4) is 0 Å². The Morgan fingerprint density at radius 2 is 2.07 bits per heavy atom. The number of fused-ring (bicyclic) bond motifs is 1. The van der Waals surface area contributed by atoms with E-state index in [1.54, 1.807) is 0 Å². The quantitative estimate of drug-likeness (QED) is 0.665. The lowest BCUT2D eigenvalue weighted by Crippen LogP contribution is -2.24. The lowest BCUT2D eigenvalue weighted by molar-refractivity contribution is 0.532. The molecule has 1 N–H and O–H groups in total. The number of nitrogens with zero attached hydrogens (tertiary/aromatic N) is 1. The Balaban J connectivity index is 2.49. The molecule has 0 saturated carbocycles. The van der Waals surface area contributed by atoms with Crippen LogP contribution in [-0.2, 0) is 25.4 Å². The Bertz CT molecular complexity index is 342. The average molecular weight is 192 g/mol. The fourth-order valence-electron chi connectivity index (χ4n) is 2.34. The van der Waals surface area contributed by atoms with Gasteiger partial charge in [0.05, 0.1) is 0 Å². The zero-order chi connectivity index (χ0) is 10.3. The van der Waals surface area contributed by atoms with Crippen molar-refractivity contribution >= 4 is 0 Å². The largest absolute Gasteiger partial charge is 0.351 e. The molecule has 0 spiro atoms. The molecule has 0 aliphatic carbocycles. The molecule has 0 radical (unpaired) electrons. The van der Waals surface area contributed by atoms with Gasteiger partial charge in [-0.1, -0.05) is 20.8 Å². The van der Waals surface area contributed by atoms with E-state index in [-0.39, 0.29) is 5.41 Å². The van der Waals surface area contributed by atoms with Crippen molar-refractivity contribution in [1.82, 2.24) is 9.88 Å². The van der Waals surface area contributed by atoms with E-state index in [4.69, 9.17) is 0 Å². The van der Waals surface area contributed by atoms with Gasteiger partial charge in [0.15, 0.2) is 0 Å². The summed E-state index contributed by atoms with van der Waals surface area (Å²) < 4.78 is 2.39. The van der Waals surface area contributed by atoms with Gasteiger partial charge in [-0.3, -0.25) is 0 Å². The van der Waals surface area contributed by atoms with E-state index in [0.29, 0.717) is 0 Å². The predicted octanol–water partition coefficient (Wildman–Crippen LogP) is 1.97. The second-order valence-electron chi connectivity index (χ2n) is 5.24. The third-order valence-electron chi connectivity index (χ3n) is 3.07. The summed E-state index contributed by atoms with van der Waals surface area (Å²) in [6.45, 7) is 9.00. The Hall–Kier alpha value is -0.760. The highest BCUT2D eigenvalue weighted by atomic mass is 15.0. The molecule has 1 aliphatic rings. The molecule has 2 heteroatoms. The molecule has 0 bridgehead atoms. The van der Waals surface area contributed by atoms with E-state index in [1.165, 1.54) is 23.4 Å². The van der Waals surface area contributed by atoms with Crippen molar-refractivity contribution in [2.75, 3.05) is 6.54 Å². The maximum Gasteiger partial charge on any atom is 0.0232 e. The highest BCUT2D eigenvalue weighted by Crippen LogP contribution is 2.28. The van der Waals surface area contributed by atoms with Crippen LogP contribution >= 0.6 is 0 Å². The Morgan fingerprint density at radius 1 is 1.36 bits per heavy atom. The van der Waals surface area contributed by atoms with Crippen molar-refractivity contribution in [3.63, 3.8) is 0 Å². The van der Waals surface area contributed by atoms with E-state index in [9.17, 15) is 0 Å². The Morgan fingerprint density at radius 3 is 2.64 bits per heavy atom. The van der Waals surface area contributed by atoms with Crippen LogP contribution in [0.25, 0.3) is 0 Å². The fourth-order valence-corrected chi connectivity index (χ4v) is 2.34. The first-order chi connectivity index (χ1) is 6.50. The summed E-state index contributed by atoms with van der Waals surface area (Å²) in [5.41, 5.74) is 4.72. The number of aromatic nitrogens is 1. The van der Waals surface area contributed by atoms with Crippen LogP contribution in [0, 0.1) is 0 Å². The summed E-state index contributed by atoms with van der Waals surface area (Å²) >= 11 is 0. The number of hydrogen-bond acceptors (Lipinski definition) is 1. The molecule has 2 heterocycles. The van der Waals surface area contributed by atoms with Crippen molar-refractivity contribution in [3.05, 3.63) is 23.0 Å². The van der Waals surface area contributed by atoms with Gasteiger partial charge in [-0.15, -0.1) is 0 Å². The maximum atomic E-state index is 3.42. The van der Waals surface area contributed by atoms with Crippen LogP contribution in [0.2, 0.25) is 0 Å². The van der Waals surface area contributed by atoms with Crippen LogP contribution in [0.1, 0.15) is 37.7 Å². The smallest absolute Gasteiger partial charge is 0.0232 e. The van der Waals surface area contributed by atoms with E-state index >= 15 is 0 Å². The van der Waals surface area contributed by atoms with Crippen molar-refractivity contribution < 1.29 is 0 Å². The van der Waals surface area contributed by atoms with Crippen LogP contribution in [0.5, 0.6) is 0 Å². The second kappa shape index (κ2) is 3.13. The fraction of sp³-hybridized carbons (Fsp3) is 0.667. The second-order valence-corrected chi connectivity index (χ2v) is 5.24. The number of nitrogens with one attached hydrogen (secondary N) is 1. The highest BCUT2D eigenvalue weighted by Gasteiger charge is 2.22. The van der Waals surface area contributed by atoms with Crippen LogP contribution < -0.4 is 5.32 Å². The zero-order valence-corrected chi connectivity index (χ0v) is 9.65. The van der Waals surface area contributed by atoms with Crippen molar-refractivity contribution in [2.45, 2.75) is 39.2 Å². The molecule has 0 fully saturated rings. The van der Waals surface area contributed by atoms with E-state index < -0.39 is 0 Å². The zero-order valence-electron chi connectivity index (χ0n) is 9.65. The first kappa shape index (κ1) is 9.78. The molecule has 0 saturated heterocycles. The Kier molecular flexibility index (Phi) is 2.18. The first-order valence-electron chi connectivity index (χ1n) is 5.39. The Labute approximate surface area is 86.3 Å². The molecule has 1 aromatic rings. The highest BCUT2D eigenvalue weighted by molar-refractivity contribution is 5.33. The topological polar surface area (TPSA) is 17.0 Å². The van der Waals surface area contributed by atoms with Gasteiger partial charge < -0.3 is 9.88 Å². The molecule has 1 aliphatic heterocycles. The molecular weight excluding hydrogens is 172 g/mol. The number of rotatable bonds is 0. The van der Waals surface area contributed by atoms with Gasteiger partial charge in [-0.05, 0) is 11.6 Å². The first-order valence-corrected chi connectivity index (χ1v) is 5.39. The molecule has 0 aromatic carbocycles. The minimum absolute atomic E-state index is 0.256. The van der Waals surface area contributed by atoms with Crippen LogP contribution in [0.4, 0.5) is 0 Å². The number of hydrogen-bond donors (Lipinski definition) is 1. The van der Waals surface area contributed by atoms with Crippen molar-refractivity contribution in [2.24, 2.45) is 7.05 Å². The third-order valence-corrected chi connectivity index (χ3v) is 3.07. The standard InChI is InChI=1S/C12H20N2/c1-12(2,3)11-7-9-8-13-6-5-10(9)14(11)4/h7,13H,5-6,8H2,1-4H3. The summed E-state index contributed by atoms with van der Waals surface area (Å²) in [6.07, 6.45) is 1.17. The van der Waals surface area contributed by atoms with Crippen LogP contribution in [0.15, 0.2) is 6.07 Å². The average Bonchev–Trinajstić information content (AvgIpc) is 2.44. The lowest BCUT2D eigenvalue weighted by Gasteiger charge is -2.21. The van der Waals surface area contributed by atoms with Gasteiger partial charge in [0, 0.05) is 43.4 Å². The summed E-state index contributed by atoms with van der Waals surface area (Å²) in [6, 6.07) is 2.36. The molecule has 78 valence electrons. The molecule has 0 atom stereocenters. The molecule has 0 amide bonds. The summed E-state index contributed by atoms with van der Waals surface area (Å²) in [5, 5.41) is 3.42. The van der Waals surface area contributed by atoms with Crippen molar-refractivity contribution in [1.29, 1.82) is 0 Å². The third kappa shape index (κ3) is 1.48. The van der Waals surface area contributed by atoms with Gasteiger partial charge in [-0.2, -0.15) is 0 Å². The van der Waals surface area contributed by atoms with Gasteiger partial charge in [0.2, 0.25) is 0 Å². The molecule has 1 aromatic heterocycles. The van der Waals surface area contributed by atoms with Gasteiger partial charge in [-0.25, -0.2) is 0 Å². The lowest BCUT2D eigenvalue weighted by atomic mass is 9.92. The monoisotopic (exact) mass is 192 g/mol. The van der Waals surface area contributed by atoms with Crippen LogP contribution in [0.3, 0.4) is 0 Å². The van der Waals surface area contributed by atoms with Gasteiger partial charge >= 0.3 is 0 Å². The summed E-state index contributed by atoms with van der Waals surface area (Å²) in [5.74, 6) is 0. The van der Waals surface area contributed by atoms with E-state index in [2.05, 4.69) is 43.8 Å². The predicted molar refractivity (Wildman–Crippen MR) is 59.5 cm³/mol. The van der Waals surface area contributed by atoms with Gasteiger partial charge in [0.1, 0.15) is 0 Å². The SMILES string of the molecule is Cn1c(C(C)(C)C)cc2c1CCNC2. The molecule has 2 nitrogen and oxygen atoms in total. The summed E-state index contributed by atoms with van der Waals surface area (Å²) in [7, 11) is 2.20. The van der Waals surface area contributed by atoms with Crippen LogP contribution in [-0.4, -0.2) is 11.1 Å². The minimum Gasteiger partial charge on any atom is -0.351 e. The molecule has 2 rings (SSSR count). The summed E-state index contributed by atoms with van der Waals surface area (Å²) in [4.78, 5) is 0. The minimum atomic E-state index is 0.256. The normalized spacial score (nSPS) is 16.9. The molecule has 0 unspecified atom stereocenters. The van der Waals surface area contributed by atoms with Gasteiger partial charge in [0.25, 0.3) is 0 Å². The van der Waals surface area contributed by atoms with E-state index in [1.807, 2.05) is 0 Å². The van der Waals surface area contributed by atoms with E-state index in [0.717, 1.165) is 13.1 Å². The molecule has 14 heavy (non-hydrogen) atoms. The molecular formula is C12H20N2. The maximum absolute atomic E-state index is 3.42.